The molecular formula is C13H26Cl2O6PSb. The van der Waals surface area contributed by atoms with Crippen LogP contribution in [0.2, 0.25) is 0 Å². The Morgan fingerprint density at radius 3 is 1.83 bits per heavy atom. The molecule has 0 saturated carbocycles. The van der Waals surface area contributed by atoms with Crippen molar-refractivity contribution in [3.05, 3.63) is 12.7 Å². The van der Waals surface area contributed by atoms with Crippen LogP contribution in [0, 0.1) is 0 Å². The van der Waals surface area contributed by atoms with E-state index in [1.54, 1.807) is 27.7 Å². The molecule has 0 N–H and O–H groups in total. The van der Waals surface area contributed by atoms with Crippen LogP contribution in [0.1, 0.15) is 27.7 Å². The molecule has 0 rings (SSSR count). The summed E-state index contributed by atoms with van der Waals surface area (Å²) in [6.07, 6.45) is 1.38. The topological polar surface area (TPSA) is 63.2 Å². The summed E-state index contributed by atoms with van der Waals surface area (Å²) in [4.78, 5) is 0. The van der Waals surface area contributed by atoms with Gasteiger partial charge in [-0.25, -0.2) is 0 Å². The summed E-state index contributed by atoms with van der Waals surface area (Å²) < 4.78 is 40.3. The van der Waals surface area contributed by atoms with Crippen LogP contribution in [-0.2, 0) is 22.7 Å². The van der Waals surface area contributed by atoms with Crippen LogP contribution in [0.4, 0.5) is 0 Å². The second-order valence-corrected chi connectivity index (χ2v) is 11.4. The van der Waals surface area contributed by atoms with Gasteiger partial charge in [-0.3, -0.25) is 0 Å². The van der Waals surface area contributed by atoms with Crippen molar-refractivity contribution < 1.29 is 22.7 Å². The van der Waals surface area contributed by atoms with Crippen molar-refractivity contribution >= 4 is 52.3 Å². The summed E-state index contributed by atoms with van der Waals surface area (Å²) in [6, 6.07) is 0. The second-order valence-electron chi connectivity index (χ2n) is 4.48. The molecule has 0 radical (unpaired) electrons. The zero-order valence-corrected chi connectivity index (χ0v) is 18.9. The molecule has 0 aromatic carbocycles. The molecule has 0 aliphatic carbocycles. The van der Waals surface area contributed by atoms with Crippen LogP contribution in [0.25, 0.3) is 0 Å². The fourth-order valence-corrected chi connectivity index (χ4v) is 8.19. The first kappa shape index (κ1) is 24.2. The predicted octanol–water partition coefficient (Wildman–Crippen LogP) is 4.05. The maximum absolute atomic E-state index is 12.8. The SMILES string of the molecule is C=CC([O][Sb]([O]CC(C)Cl)[O]CC(C)Cl)P(=O)(OCC)OCC. The first-order valence-corrected chi connectivity index (χ1v) is 12.9. The summed E-state index contributed by atoms with van der Waals surface area (Å²) in [7, 11) is -3.50. The van der Waals surface area contributed by atoms with Crippen LogP contribution >= 0.6 is 30.8 Å². The molecule has 0 aliphatic heterocycles. The molecular weight excluding hydrogens is 476 g/mol. The minimum atomic E-state index is -3.50. The van der Waals surface area contributed by atoms with Crippen molar-refractivity contribution in [2.75, 3.05) is 26.4 Å². The Balaban J connectivity index is 4.98. The first-order valence-electron chi connectivity index (χ1n) is 7.31. The van der Waals surface area contributed by atoms with E-state index in [4.69, 9.17) is 41.3 Å². The summed E-state index contributed by atoms with van der Waals surface area (Å²) in [5.41, 5.74) is 0. The van der Waals surface area contributed by atoms with Gasteiger partial charge in [-0.2, -0.15) is 0 Å². The van der Waals surface area contributed by atoms with Crippen molar-refractivity contribution in [3.8, 4) is 0 Å². The Morgan fingerprint density at radius 2 is 1.52 bits per heavy atom. The van der Waals surface area contributed by atoms with Gasteiger partial charge in [-0.05, 0) is 0 Å². The predicted molar refractivity (Wildman–Crippen MR) is 94.2 cm³/mol. The van der Waals surface area contributed by atoms with Gasteiger partial charge in [-0.15, -0.1) is 0 Å². The number of rotatable bonds is 14. The summed E-state index contributed by atoms with van der Waals surface area (Å²) in [5.74, 6) is -0.957. The molecule has 3 unspecified atom stereocenters. The molecule has 3 atom stereocenters. The number of halogens is 2. The van der Waals surface area contributed by atoms with Gasteiger partial charge in [0.1, 0.15) is 0 Å². The van der Waals surface area contributed by atoms with Gasteiger partial charge in [0.15, 0.2) is 0 Å². The maximum atomic E-state index is 12.8. The van der Waals surface area contributed by atoms with Gasteiger partial charge >= 0.3 is 158 Å². The van der Waals surface area contributed by atoms with E-state index in [-0.39, 0.29) is 37.2 Å². The summed E-state index contributed by atoms with van der Waals surface area (Å²) >= 11 is 8.64. The fraction of sp³-hybridized carbons (Fsp3) is 0.846. The molecule has 0 saturated heterocycles. The van der Waals surface area contributed by atoms with Gasteiger partial charge in [0, 0.05) is 0 Å². The third-order valence-electron chi connectivity index (χ3n) is 2.14. The molecule has 23 heavy (non-hydrogen) atoms. The Morgan fingerprint density at radius 1 is 1.09 bits per heavy atom. The molecule has 0 aromatic rings. The van der Waals surface area contributed by atoms with Crippen molar-refractivity contribution in [1.82, 2.24) is 0 Å². The first-order chi connectivity index (χ1) is 10.8. The van der Waals surface area contributed by atoms with E-state index in [2.05, 4.69) is 6.58 Å². The molecule has 6 nitrogen and oxygen atoms in total. The molecule has 0 spiro atoms. The summed E-state index contributed by atoms with van der Waals surface area (Å²) in [6.45, 7) is 11.6. The van der Waals surface area contributed by atoms with Crippen molar-refractivity contribution in [2.45, 2.75) is 44.3 Å². The van der Waals surface area contributed by atoms with Gasteiger partial charge in [-0.1, -0.05) is 0 Å². The zero-order valence-electron chi connectivity index (χ0n) is 13.9. The van der Waals surface area contributed by atoms with Crippen LogP contribution in [0.15, 0.2) is 12.7 Å². The van der Waals surface area contributed by atoms with Crippen LogP contribution in [0.5, 0.6) is 0 Å². The Hall–Kier alpha value is 1.17. The summed E-state index contributed by atoms with van der Waals surface area (Å²) in [5, 5.41) is -0.397. The molecule has 0 bridgehead atoms. The third kappa shape index (κ3) is 10.7. The molecule has 138 valence electrons. The minimum absolute atomic E-state index is 0.199. The number of hydrogen-bond acceptors (Lipinski definition) is 6. The van der Waals surface area contributed by atoms with Crippen LogP contribution in [0.3, 0.4) is 0 Å². The molecule has 0 fully saturated rings. The van der Waals surface area contributed by atoms with Crippen molar-refractivity contribution in [1.29, 1.82) is 0 Å². The van der Waals surface area contributed by atoms with Crippen LogP contribution < -0.4 is 0 Å². The molecule has 0 heterocycles. The van der Waals surface area contributed by atoms with E-state index in [1.165, 1.54) is 6.08 Å². The fourth-order valence-electron chi connectivity index (χ4n) is 1.29. The second kappa shape index (κ2) is 13.4. The molecule has 0 aliphatic rings. The zero-order chi connectivity index (χ0) is 17.9. The Kier molecular flexibility index (Phi) is 14.1. The average molecular weight is 502 g/mol. The van der Waals surface area contributed by atoms with E-state index in [9.17, 15) is 4.57 Å². The van der Waals surface area contributed by atoms with E-state index in [0.717, 1.165) is 0 Å². The number of hydrogen-bond donors (Lipinski definition) is 0. The molecule has 10 heteroatoms. The third-order valence-corrected chi connectivity index (χ3v) is 8.26. The Bertz CT molecular complexity index is 350. The van der Waals surface area contributed by atoms with E-state index >= 15 is 0 Å². The normalized spacial score (nSPS) is 16.3. The van der Waals surface area contributed by atoms with Crippen molar-refractivity contribution in [3.63, 3.8) is 0 Å². The van der Waals surface area contributed by atoms with Crippen LogP contribution in [-0.4, -0.2) is 64.5 Å². The standard InChI is InChI=1S/C7H14O4P.2C3H6ClO.Sb/c1-4-7(8)12(9,10-5-2)11-6-3;2*1-3(4)2-5;/h4,7H,1,5-6H2,2-3H3;2*3H,2H2,1H3;/q3*-1;+3. The van der Waals surface area contributed by atoms with E-state index in [0.29, 0.717) is 0 Å². The number of alkyl halides is 2. The van der Waals surface area contributed by atoms with Gasteiger partial charge in [0.2, 0.25) is 0 Å². The Labute approximate surface area is 157 Å². The monoisotopic (exact) mass is 500 g/mol. The molecule has 0 amide bonds. The van der Waals surface area contributed by atoms with E-state index in [1.807, 2.05) is 0 Å². The van der Waals surface area contributed by atoms with E-state index < -0.39 is 34.9 Å². The van der Waals surface area contributed by atoms with Crippen molar-refractivity contribution in [2.24, 2.45) is 0 Å². The molecule has 0 aromatic heterocycles. The quantitative estimate of drug-likeness (QED) is 0.155. The van der Waals surface area contributed by atoms with Gasteiger partial charge in [0.05, 0.1) is 0 Å². The van der Waals surface area contributed by atoms with Gasteiger partial charge in [0.25, 0.3) is 0 Å². The van der Waals surface area contributed by atoms with Gasteiger partial charge < -0.3 is 0 Å². The average Bonchev–Trinajstić information content (AvgIpc) is 2.46.